The van der Waals surface area contributed by atoms with Crippen LogP contribution in [0.4, 0.5) is 0 Å². The number of fused-ring (bicyclic) bond motifs is 1. The number of aliphatic imine (C=N–C) groups is 1. The van der Waals surface area contributed by atoms with Crippen LogP contribution < -0.4 is 20.7 Å². The lowest BCUT2D eigenvalue weighted by molar-refractivity contribution is -0.119. The van der Waals surface area contributed by atoms with Gasteiger partial charge in [0.25, 0.3) is 0 Å². The molecule has 1 aliphatic heterocycles. The van der Waals surface area contributed by atoms with Gasteiger partial charge in [0.1, 0.15) is 12.3 Å². The van der Waals surface area contributed by atoms with Gasteiger partial charge in [-0.2, -0.15) is 0 Å². The smallest absolute Gasteiger partial charge is 0.241 e. The molecule has 1 aromatic carbocycles. The van der Waals surface area contributed by atoms with Crippen molar-refractivity contribution < 1.29 is 9.53 Å². The van der Waals surface area contributed by atoms with Crippen molar-refractivity contribution in [2.75, 3.05) is 32.8 Å². The average Bonchev–Trinajstić information content (AvgIpc) is 3.00. The first-order valence-corrected chi connectivity index (χ1v) is 8.26. The van der Waals surface area contributed by atoms with E-state index in [0.29, 0.717) is 12.5 Å². The van der Waals surface area contributed by atoms with E-state index < -0.39 is 0 Å². The van der Waals surface area contributed by atoms with Crippen molar-refractivity contribution in [3.8, 4) is 5.75 Å². The van der Waals surface area contributed by atoms with Crippen LogP contribution in [-0.2, 0) is 17.6 Å². The summed E-state index contributed by atoms with van der Waals surface area (Å²) in [5.74, 6) is 1.62. The molecule has 0 fully saturated rings. The van der Waals surface area contributed by atoms with Gasteiger partial charge in [0.05, 0.1) is 6.61 Å². The topological polar surface area (TPSA) is 74.8 Å². The minimum atomic E-state index is -0.0664. The molecule has 0 saturated heterocycles. The van der Waals surface area contributed by atoms with Gasteiger partial charge in [-0.3, -0.25) is 4.79 Å². The van der Waals surface area contributed by atoms with Gasteiger partial charge in [0.2, 0.25) is 5.91 Å². The van der Waals surface area contributed by atoms with Crippen molar-refractivity contribution in [3.05, 3.63) is 29.3 Å². The average molecular weight is 318 g/mol. The Hall–Kier alpha value is -2.24. The van der Waals surface area contributed by atoms with Crippen LogP contribution in [0.15, 0.2) is 23.2 Å². The van der Waals surface area contributed by atoms with Crippen molar-refractivity contribution in [2.45, 2.75) is 26.7 Å². The quantitative estimate of drug-likeness (QED) is 0.515. The molecule has 1 aliphatic rings. The maximum Gasteiger partial charge on any atom is 0.241 e. The predicted octanol–water partition coefficient (Wildman–Crippen LogP) is 0.855. The number of nitrogens with zero attached hydrogens (tertiary/aromatic N) is 1. The summed E-state index contributed by atoms with van der Waals surface area (Å²) >= 11 is 0. The molecule has 6 heteroatoms. The Balaban J connectivity index is 1.81. The van der Waals surface area contributed by atoms with E-state index in [1.165, 1.54) is 11.1 Å². The Morgan fingerprint density at radius 1 is 1.22 bits per heavy atom. The van der Waals surface area contributed by atoms with E-state index in [1.807, 2.05) is 19.9 Å². The Kier molecular flexibility index (Phi) is 6.72. The van der Waals surface area contributed by atoms with Gasteiger partial charge in [-0.25, -0.2) is 4.99 Å². The van der Waals surface area contributed by atoms with Crippen molar-refractivity contribution in [3.63, 3.8) is 0 Å². The van der Waals surface area contributed by atoms with Gasteiger partial charge in [0.15, 0.2) is 5.96 Å². The third-order valence-corrected chi connectivity index (χ3v) is 3.56. The minimum Gasteiger partial charge on any atom is -0.493 e. The summed E-state index contributed by atoms with van der Waals surface area (Å²) in [4.78, 5) is 15.8. The molecule has 0 aromatic heterocycles. The van der Waals surface area contributed by atoms with Gasteiger partial charge in [0, 0.05) is 26.1 Å². The predicted molar refractivity (Wildman–Crippen MR) is 92.0 cm³/mol. The zero-order valence-corrected chi connectivity index (χ0v) is 13.9. The van der Waals surface area contributed by atoms with Gasteiger partial charge in [-0.1, -0.05) is 12.1 Å². The summed E-state index contributed by atoms with van der Waals surface area (Å²) in [7, 11) is 0. The Morgan fingerprint density at radius 3 is 2.83 bits per heavy atom. The van der Waals surface area contributed by atoms with E-state index in [0.717, 1.165) is 38.3 Å². The number of ether oxygens (including phenoxy) is 1. The standard InChI is InChI=1S/C17H26N4O2/c1-3-18-16(22)12-21-17(19-4-2)20-9-7-13-5-6-15-14(11-13)8-10-23-15/h5-6,11H,3-4,7-10,12H2,1-2H3,(H,18,22)(H2,19,20,21). The highest BCUT2D eigenvalue weighted by Gasteiger charge is 2.11. The fourth-order valence-electron chi connectivity index (χ4n) is 2.47. The fourth-order valence-corrected chi connectivity index (χ4v) is 2.47. The monoisotopic (exact) mass is 318 g/mol. The second-order valence-electron chi connectivity index (χ2n) is 5.37. The maximum absolute atomic E-state index is 11.5. The Labute approximate surface area is 137 Å². The van der Waals surface area contributed by atoms with Gasteiger partial charge in [-0.15, -0.1) is 0 Å². The number of carbonyl (C=O) groups excluding carboxylic acids is 1. The number of rotatable bonds is 7. The Morgan fingerprint density at radius 2 is 2.04 bits per heavy atom. The summed E-state index contributed by atoms with van der Waals surface area (Å²) < 4.78 is 5.52. The largest absolute Gasteiger partial charge is 0.493 e. The van der Waals surface area contributed by atoms with Crippen LogP contribution in [-0.4, -0.2) is 44.7 Å². The first kappa shape index (κ1) is 17.1. The molecule has 1 amide bonds. The number of hydrogen-bond acceptors (Lipinski definition) is 3. The van der Waals surface area contributed by atoms with Crippen LogP contribution in [0.1, 0.15) is 25.0 Å². The highest BCUT2D eigenvalue weighted by atomic mass is 16.5. The second kappa shape index (κ2) is 9.02. The fraction of sp³-hybridized carbons (Fsp3) is 0.529. The number of guanidine groups is 1. The van der Waals surface area contributed by atoms with Crippen molar-refractivity contribution in [2.24, 2.45) is 4.99 Å². The maximum atomic E-state index is 11.5. The molecule has 0 atom stereocenters. The highest BCUT2D eigenvalue weighted by Crippen LogP contribution is 2.25. The van der Waals surface area contributed by atoms with Crippen LogP contribution in [0.3, 0.4) is 0 Å². The molecular weight excluding hydrogens is 292 g/mol. The van der Waals surface area contributed by atoms with Gasteiger partial charge >= 0.3 is 0 Å². The molecule has 126 valence electrons. The van der Waals surface area contributed by atoms with E-state index in [2.05, 4.69) is 33.1 Å². The summed E-state index contributed by atoms with van der Waals surface area (Å²) in [6, 6.07) is 6.36. The second-order valence-corrected chi connectivity index (χ2v) is 5.37. The van der Waals surface area contributed by atoms with E-state index in [9.17, 15) is 4.79 Å². The first-order chi connectivity index (χ1) is 11.2. The SMILES string of the molecule is CCNC(=O)CN=C(NCC)NCCc1ccc2c(c1)CCO2. The van der Waals surface area contributed by atoms with Crippen LogP contribution >= 0.6 is 0 Å². The molecule has 0 bridgehead atoms. The highest BCUT2D eigenvalue weighted by molar-refractivity contribution is 5.84. The molecule has 2 rings (SSSR count). The van der Waals surface area contributed by atoms with Gasteiger partial charge in [-0.05, 0) is 37.5 Å². The molecule has 0 spiro atoms. The van der Waals surface area contributed by atoms with Crippen LogP contribution in [0.5, 0.6) is 5.75 Å². The number of hydrogen-bond donors (Lipinski definition) is 3. The molecule has 0 radical (unpaired) electrons. The molecule has 3 N–H and O–H groups in total. The zero-order chi connectivity index (χ0) is 16.5. The number of carbonyl (C=O) groups is 1. The normalized spacial score (nSPS) is 13.2. The van der Waals surface area contributed by atoms with E-state index in [4.69, 9.17) is 4.74 Å². The van der Waals surface area contributed by atoms with Gasteiger partial charge < -0.3 is 20.7 Å². The van der Waals surface area contributed by atoms with Crippen molar-refractivity contribution in [1.29, 1.82) is 0 Å². The molecule has 23 heavy (non-hydrogen) atoms. The van der Waals surface area contributed by atoms with Crippen LogP contribution in [0.25, 0.3) is 0 Å². The molecule has 0 saturated carbocycles. The van der Waals surface area contributed by atoms with E-state index >= 15 is 0 Å². The molecule has 0 unspecified atom stereocenters. The number of benzene rings is 1. The zero-order valence-electron chi connectivity index (χ0n) is 13.9. The summed E-state index contributed by atoms with van der Waals surface area (Å²) in [5.41, 5.74) is 2.57. The molecule has 6 nitrogen and oxygen atoms in total. The summed E-state index contributed by atoms with van der Waals surface area (Å²) in [5, 5.41) is 9.14. The summed E-state index contributed by atoms with van der Waals surface area (Å²) in [6.45, 7) is 6.97. The lowest BCUT2D eigenvalue weighted by Gasteiger charge is -2.11. The van der Waals surface area contributed by atoms with Crippen LogP contribution in [0, 0.1) is 0 Å². The molecule has 1 aromatic rings. The Bertz CT molecular complexity index is 558. The molecule has 0 aliphatic carbocycles. The third kappa shape index (κ3) is 5.47. The van der Waals surface area contributed by atoms with Crippen molar-refractivity contribution >= 4 is 11.9 Å². The van der Waals surface area contributed by atoms with Crippen molar-refractivity contribution in [1.82, 2.24) is 16.0 Å². The lowest BCUT2D eigenvalue weighted by Crippen LogP contribution is -2.39. The number of likely N-dealkylation sites (N-methyl/N-ethyl adjacent to an activating group) is 1. The minimum absolute atomic E-state index is 0.0664. The van der Waals surface area contributed by atoms with E-state index in [1.54, 1.807) is 0 Å². The summed E-state index contributed by atoms with van der Waals surface area (Å²) in [6.07, 6.45) is 1.89. The van der Waals surface area contributed by atoms with E-state index in [-0.39, 0.29) is 12.5 Å². The first-order valence-electron chi connectivity index (χ1n) is 8.26. The van der Waals surface area contributed by atoms with Crippen LogP contribution in [0.2, 0.25) is 0 Å². The number of nitrogens with one attached hydrogen (secondary N) is 3. The molecule has 1 heterocycles. The third-order valence-electron chi connectivity index (χ3n) is 3.56. The molecular formula is C17H26N4O2. The number of amides is 1. The lowest BCUT2D eigenvalue weighted by atomic mass is 10.1.